The Balaban J connectivity index is 0.942. The van der Waals surface area contributed by atoms with Crippen molar-refractivity contribution in [2.45, 2.75) is 129 Å². The van der Waals surface area contributed by atoms with Crippen molar-refractivity contribution in [3.8, 4) is 0 Å². The van der Waals surface area contributed by atoms with Crippen molar-refractivity contribution < 1.29 is 0 Å². The van der Waals surface area contributed by atoms with Crippen molar-refractivity contribution in [3.05, 3.63) is 81.7 Å². The summed E-state index contributed by atoms with van der Waals surface area (Å²) in [7, 11) is 0. The third-order valence-electron chi connectivity index (χ3n) is 11.9. The second-order valence-electron chi connectivity index (χ2n) is 16.1. The van der Waals surface area contributed by atoms with Gasteiger partial charge in [0, 0.05) is 0 Å². The third-order valence-corrected chi connectivity index (χ3v) is 19.0. The minimum absolute atomic E-state index is 0.488. The Morgan fingerprint density at radius 2 is 0.685 bits per heavy atom. The average molecular weight is 877 g/mol. The van der Waals surface area contributed by atoms with Gasteiger partial charge in [-0.25, -0.2) is 0 Å². The molecule has 0 saturated heterocycles. The van der Waals surface area contributed by atoms with Gasteiger partial charge in [-0.1, -0.05) is 0 Å². The van der Waals surface area contributed by atoms with Crippen molar-refractivity contribution in [3.63, 3.8) is 0 Å². The van der Waals surface area contributed by atoms with Gasteiger partial charge in [-0.05, 0) is 0 Å². The molecule has 0 amide bonds. The van der Waals surface area contributed by atoms with Gasteiger partial charge in [-0.2, -0.15) is 0 Å². The maximum absolute atomic E-state index is 2.54. The van der Waals surface area contributed by atoms with Gasteiger partial charge in [0.15, 0.2) is 0 Å². The summed E-state index contributed by atoms with van der Waals surface area (Å²) >= 11 is 4.94. The molecule has 0 aliphatic carbocycles. The monoisotopic (exact) mass is 878 g/mol. The molecule has 0 nitrogen and oxygen atoms in total. The SMILES string of the molecule is CCCCCCCCCCc1cc2cc3cc4c(cc3cc2[se]1)sc1cc2c(cc14)sc1cc3cc4[se]c(CCCCCCCCCC)cc4cc3cc12. The zero-order chi connectivity index (χ0) is 36.4. The predicted octanol–water partition coefficient (Wildman–Crippen LogP) is 16.5. The quantitative estimate of drug-likeness (QED) is 0.0595. The Bertz CT molecular complexity index is 2530. The molecule has 5 aromatic carbocycles. The first-order valence-corrected chi connectivity index (χ1v) is 26.2. The molecule has 0 saturated carbocycles. The van der Waals surface area contributed by atoms with E-state index in [1.807, 2.05) is 22.7 Å². The van der Waals surface area contributed by atoms with E-state index in [2.05, 4.69) is 86.6 Å². The Morgan fingerprint density at radius 1 is 0.333 bits per heavy atom. The van der Waals surface area contributed by atoms with Crippen LogP contribution >= 0.6 is 22.7 Å². The van der Waals surface area contributed by atoms with Crippen molar-refractivity contribution in [1.82, 2.24) is 0 Å². The van der Waals surface area contributed by atoms with Crippen molar-refractivity contribution in [2.24, 2.45) is 0 Å². The molecule has 0 aliphatic heterocycles. The molecular formula is C50H54S2Se2. The molecule has 0 unspecified atom stereocenters. The first kappa shape index (κ1) is 37.2. The van der Waals surface area contributed by atoms with Gasteiger partial charge in [-0.15, -0.1) is 0 Å². The predicted molar refractivity (Wildman–Crippen MR) is 249 cm³/mol. The van der Waals surface area contributed by atoms with E-state index in [0.29, 0.717) is 29.0 Å². The molecule has 0 spiro atoms. The fourth-order valence-corrected chi connectivity index (χ4v) is 15.9. The van der Waals surface area contributed by atoms with Gasteiger partial charge < -0.3 is 0 Å². The number of hydrogen-bond donors (Lipinski definition) is 0. The number of unbranched alkanes of at least 4 members (excludes halogenated alkanes) is 14. The van der Waals surface area contributed by atoms with Crippen LogP contribution < -0.4 is 0 Å². The molecule has 9 rings (SSSR count). The number of fused-ring (bicyclic) bond motifs is 10. The van der Waals surface area contributed by atoms with E-state index in [1.54, 1.807) is 17.4 Å². The number of hydrogen-bond acceptors (Lipinski definition) is 2. The normalized spacial score (nSPS) is 12.5. The Labute approximate surface area is 341 Å². The van der Waals surface area contributed by atoms with Crippen LogP contribution in [0.15, 0.2) is 72.8 Å². The molecule has 0 radical (unpaired) electrons. The zero-order valence-electron chi connectivity index (χ0n) is 32.3. The first-order valence-electron chi connectivity index (χ1n) is 21.2. The Kier molecular flexibility index (Phi) is 11.7. The van der Waals surface area contributed by atoms with Gasteiger partial charge in [0.2, 0.25) is 0 Å². The summed E-state index contributed by atoms with van der Waals surface area (Å²) in [5.74, 6) is 0. The summed E-state index contributed by atoms with van der Waals surface area (Å²) in [5, 5.41) is 14.3. The van der Waals surface area contributed by atoms with Crippen LogP contribution in [-0.2, 0) is 12.8 Å². The number of rotatable bonds is 18. The van der Waals surface area contributed by atoms with E-state index < -0.39 is 0 Å². The molecule has 4 heteroatoms. The van der Waals surface area contributed by atoms with Crippen LogP contribution in [0.25, 0.3) is 81.2 Å². The van der Waals surface area contributed by atoms with Gasteiger partial charge in [-0.3, -0.25) is 0 Å². The fraction of sp³-hybridized carbons (Fsp3) is 0.400. The molecule has 0 fully saturated rings. The van der Waals surface area contributed by atoms with E-state index in [-0.39, 0.29) is 0 Å². The van der Waals surface area contributed by atoms with Crippen LogP contribution in [-0.4, -0.2) is 29.0 Å². The van der Waals surface area contributed by atoms with Gasteiger partial charge in [0.05, 0.1) is 0 Å². The summed E-state index contributed by atoms with van der Waals surface area (Å²) < 4.78 is 12.3. The van der Waals surface area contributed by atoms with Crippen molar-refractivity contribution in [2.75, 3.05) is 0 Å². The maximum atomic E-state index is 2.54. The van der Waals surface area contributed by atoms with Crippen molar-refractivity contribution in [1.29, 1.82) is 0 Å². The Hall–Kier alpha value is -2.42. The zero-order valence-corrected chi connectivity index (χ0v) is 37.3. The van der Waals surface area contributed by atoms with Crippen LogP contribution in [0.4, 0.5) is 0 Å². The van der Waals surface area contributed by atoms with Crippen LogP contribution in [0.3, 0.4) is 0 Å². The molecule has 0 N–H and O–H groups in total. The summed E-state index contributed by atoms with van der Waals surface area (Å²) in [4.78, 5) is 0. The summed E-state index contributed by atoms with van der Waals surface area (Å²) in [6, 6.07) is 30.1. The van der Waals surface area contributed by atoms with Gasteiger partial charge in [0.25, 0.3) is 0 Å². The van der Waals surface area contributed by atoms with E-state index >= 15 is 0 Å². The number of aryl methyl sites for hydroxylation is 2. The summed E-state index contributed by atoms with van der Waals surface area (Å²) in [6.07, 6.45) is 25.0. The summed E-state index contributed by atoms with van der Waals surface area (Å²) in [6.45, 7) is 4.61. The van der Waals surface area contributed by atoms with E-state index in [9.17, 15) is 0 Å². The molecular weight excluding hydrogens is 823 g/mol. The molecule has 0 atom stereocenters. The first-order chi connectivity index (χ1) is 26.6. The standard InChI is InChI=1S/C50H54S2Se2/c1-3-5-7-9-11-13-15-17-19-39-23-37-21-33-25-41-43-31-48-44(32-47(43)51-45(41)27-35(33)29-49(37)53-39)42-26-34-22-38-24-40(20-18-16-14-12-10-8-6-4-2)54-50(38)30-36(34)28-46(42)52-48/h21-32H,3-20H2,1-2H3. The van der Waals surface area contributed by atoms with Crippen LogP contribution in [0.1, 0.15) is 125 Å². The van der Waals surface area contributed by atoms with E-state index in [0.717, 1.165) is 0 Å². The average Bonchev–Trinajstić information content (AvgIpc) is 3.94. The van der Waals surface area contributed by atoms with Crippen LogP contribution in [0, 0.1) is 0 Å². The fourth-order valence-electron chi connectivity index (χ4n) is 8.83. The van der Waals surface area contributed by atoms with E-state index in [1.165, 1.54) is 188 Å². The molecule has 9 aromatic rings. The molecule has 4 aromatic heterocycles. The second kappa shape index (κ2) is 17.0. The second-order valence-corrected chi connectivity index (χ2v) is 23.2. The molecule has 4 heterocycles. The molecule has 0 bridgehead atoms. The van der Waals surface area contributed by atoms with Gasteiger partial charge in [0.1, 0.15) is 0 Å². The number of benzene rings is 5. The third kappa shape index (κ3) is 7.92. The van der Waals surface area contributed by atoms with Gasteiger partial charge >= 0.3 is 344 Å². The van der Waals surface area contributed by atoms with Crippen molar-refractivity contribution >= 4 is 133 Å². The minimum atomic E-state index is 0.488. The topological polar surface area (TPSA) is 0 Å². The summed E-state index contributed by atoms with van der Waals surface area (Å²) in [5.41, 5.74) is 0. The van der Waals surface area contributed by atoms with E-state index in [4.69, 9.17) is 0 Å². The Morgan fingerprint density at radius 3 is 1.11 bits per heavy atom. The molecule has 54 heavy (non-hydrogen) atoms. The molecule has 0 aliphatic rings. The van der Waals surface area contributed by atoms with Crippen LogP contribution in [0.5, 0.6) is 0 Å². The molecule has 278 valence electrons. The van der Waals surface area contributed by atoms with Crippen LogP contribution in [0.2, 0.25) is 0 Å². The number of thiophene rings is 2.